The number of piperidine rings is 1. The predicted molar refractivity (Wildman–Crippen MR) is 95.2 cm³/mol. The topological polar surface area (TPSA) is 82.1 Å². The van der Waals surface area contributed by atoms with Gasteiger partial charge in [0.2, 0.25) is 11.8 Å². The second-order valence-electron chi connectivity index (χ2n) is 7.45. The Morgan fingerprint density at radius 2 is 1.92 bits per heavy atom. The summed E-state index contributed by atoms with van der Waals surface area (Å²) in [5.41, 5.74) is -0.725. The molecule has 0 bridgehead atoms. The van der Waals surface area contributed by atoms with Crippen LogP contribution in [0.4, 0.5) is 0 Å². The van der Waals surface area contributed by atoms with Crippen molar-refractivity contribution in [3.8, 4) is 0 Å². The number of nitrogens with zero attached hydrogens (tertiary/aromatic N) is 2. The number of aliphatic hydroxyl groups is 1. The third-order valence-corrected chi connectivity index (χ3v) is 5.30. The van der Waals surface area contributed by atoms with Crippen molar-refractivity contribution in [3.63, 3.8) is 0 Å². The van der Waals surface area contributed by atoms with Crippen LogP contribution in [0.3, 0.4) is 0 Å². The normalized spacial score (nSPS) is 26.3. The molecule has 7 heteroatoms. The number of hydrogen-bond acceptors (Lipinski definition) is 5. The molecule has 0 aromatic rings. The van der Waals surface area contributed by atoms with Crippen molar-refractivity contribution in [2.75, 3.05) is 46.4 Å². The number of ether oxygens (including phenoxy) is 1. The molecule has 0 aliphatic carbocycles. The first-order valence-corrected chi connectivity index (χ1v) is 9.40. The average Bonchev–Trinajstić information content (AvgIpc) is 2.76. The first kappa shape index (κ1) is 20.1. The van der Waals surface area contributed by atoms with E-state index in [2.05, 4.69) is 10.2 Å². The molecule has 2 aliphatic heterocycles. The van der Waals surface area contributed by atoms with Crippen LogP contribution in [-0.2, 0) is 14.3 Å². The lowest BCUT2D eigenvalue weighted by molar-refractivity contribution is -0.132. The molecule has 25 heavy (non-hydrogen) atoms. The molecule has 0 saturated carbocycles. The van der Waals surface area contributed by atoms with Gasteiger partial charge in [0.05, 0.1) is 18.6 Å². The van der Waals surface area contributed by atoms with Gasteiger partial charge in [-0.3, -0.25) is 9.59 Å². The summed E-state index contributed by atoms with van der Waals surface area (Å²) < 4.78 is 4.98. The van der Waals surface area contributed by atoms with E-state index in [0.717, 1.165) is 45.3 Å². The van der Waals surface area contributed by atoms with E-state index in [-0.39, 0.29) is 17.9 Å². The highest BCUT2D eigenvalue weighted by Gasteiger charge is 2.34. The van der Waals surface area contributed by atoms with Gasteiger partial charge in [0.1, 0.15) is 0 Å². The molecule has 0 aromatic heterocycles. The molecule has 2 heterocycles. The number of rotatable bonds is 6. The van der Waals surface area contributed by atoms with Gasteiger partial charge in [-0.2, -0.15) is 0 Å². The SMILES string of the molecule is COCCC(=O)N1CCCC(O)(CN2CCC(NC(C)=O)CC2)CC1. The monoisotopic (exact) mass is 355 g/mol. The number of methoxy groups -OCH3 is 1. The minimum absolute atomic E-state index is 0.0269. The lowest BCUT2D eigenvalue weighted by Gasteiger charge is -2.38. The molecule has 2 saturated heterocycles. The fourth-order valence-electron chi connectivity index (χ4n) is 3.87. The molecule has 144 valence electrons. The number of carbonyl (C=O) groups excluding carboxylic acids is 2. The van der Waals surface area contributed by atoms with Crippen molar-refractivity contribution >= 4 is 11.8 Å². The fraction of sp³-hybridized carbons (Fsp3) is 0.889. The average molecular weight is 355 g/mol. The van der Waals surface area contributed by atoms with Gasteiger partial charge in [-0.25, -0.2) is 0 Å². The van der Waals surface area contributed by atoms with Crippen LogP contribution in [0.5, 0.6) is 0 Å². The van der Waals surface area contributed by atoms with Gasteiger partial charge in [0, 0.05) is 52.8 Å². The molecule has 2 fully saturated rings. The molecule has 1 atom stereocenters. The number of amides is 2. The van der Waals surface area contributed by atoms with Crippen molar-refractivity contribution in [2.45, 2.75) is 57.1 Å². The van der Waals surface area contributed by atoms with Gasteiger partial charge in [-0.05, 0) is 32.1 Å². The highest BCUT2D eigenvalue weighted by atomic mass is 16.5. The molecule has 2 N–H and O–H groups in total. The predicted octanol–water partition coefficient (Wildman–Crippen LogP) is 0.367. The molecule has 7 nitrogen and oxygen atoms in total. The van der Waals surface area contributed by atoms with Crippen LogP contribution in [0.25, 0.3) is 0 Å². The Bertz CT molecular complexity index is 452. The maximum absolute atomic E-state index is 12.2. The van der Waals surface area contributed by atoms with Crippen molar-refractivity contribution in [1.82, 2.24) is 15.1 Å². The lowest BCUT2D eigenvalue weighted by atomic mass is 9.93. The van der Waals surface area contributed by atoms with E-state index >= 15 is 0 Å². The van der Waals surface area contributed by atoms with Crippen molar-refractivity contribution in [1.29, 1.82) is 0 Å². The van der Waals surface area contributed by atoms with E-state index in [4.69, 9.17) is 4.74 Å². The summed E-state index contributed by atoms with van der Waals surface area (Å²) in [6.45, 7) is 5.77. The van der Waals surface area contributed by atoms with Gasteiger partial charge in [-0.1, -0.05) is 0 Å². The second-order valence-corrected chi connectivity index (χ2v) is 7.45. The Hall–Kier alpha value is -1.18. The Kier molecular flexibility index (Phi) is 7.65. The van der Waals surface area contributed by atoms with E-state index < -0.39 is 5.60 Å². The van der Waals surface area contributed by atoms with Crippen molar-refractivity contribution in [2.24, 2.45) is 0 Å². The summed E-state index contributed by atoms with van der Waals surface area (Å²) in [5, 5.41) is 14.0. The van der Waals surface area contributed by atoms with Crippen LogP contribution in [0.1, 0.15) is 45.4 Å². The molecular formula is C18H33N3O4. The van der Waals surface area contributed by atoms with Crippen LogP contribution in [0.15, 0.2) is 0 Å². The third-order valence-electron chi connectivity index (χ3n) is 5.30. The minimum atomic E-state index is -0.725. The van der Waals surface area contributed by atoms with Crippen LogP contribution >= 0.6 is 0 Å². The zero-order valence-corrected chi connectivity index (χ0v) is 15.6. The highest BCUT2D eigenvalue weighted by molar-refractivity contribution is 5.76. The van der Waals surface area contributed by atoms with E-state index in [1.165, 1.54) is 0 Å². The second kappa shape index (κ2) is 9.50. The molecular weight excluding hydrogens is 322 g/mol. The summed E-state index contributed by atoms with van der Waals surface area (Å²) in [6, 6.07) is 0.256. The molecule has 1 unspecified atom stereocenters. The summed E-state index contributed by atoms with van der Waals surface area (Å²) in [6.07, 6.45) is 4.45. The van der Waals surface area contributed by atoms with Gasteiger partial charge < -0.3 is 25.0 Å². The number of nitrogens with one attached hydrogen (secondary N) is 1. The Morgan fingerprint density at radius 1 is 1.20 bits per heavy atom. The Balaban J connectivity index is 1.78. The van der Waals surface area contributed by atoms with E-state index in [1.807, 2.05) is 4.90 Å². The largest absolute Gasteiger partial charge is 0.388 e. The van der Waals surface area contributed by atoms with Gasteiger partial charge in [-0.15, -0.1) is 0 Å². The van der Waals surface area contributed by atoms with Crippen LogP contribution in [0, 0.1) is 0 Å². The highest BCUT2D eigenvalue weighted by Crippen LogP contribution is 2.25. The van der Waals surface area contributed by atoms with Crippen LogP contribution < -0.4 is 5.32 Å². The molecule has 0 spiro atoms. The first-order valence-electron chi connectivity index (χ1n) is 9.40. The molecule has 2 aliphatic rings. The number of carbonyl (C=O) groups is 2. The third kappa shape index (κ3) is 6.56. The number of hydrogen-bond donors (Lipinski definition) is 2. The zero-order valence-electron chi connectivity index (χ0n) is 15.6. The van der Waals surface area contributed by atoms with Crippen molar-refractivity contribution < 1.29 is 19.4 Å². The Labute approximate surface area is 150 Å². The smallest absolute Gasteiger partial charge is 0.224 e. The van der Waals surface area contributed by atoms with E-state index in [1.54, 1.807) is 14.0 Å². The van der Waals surface area contributed by atoms with E-state index in [0.29, 0.717) is 32.5 Å². The molecule has 2 rings (SSSR count). The van der Waals surface area contributed by atoms with Crippen LogP contribution in [0.2, 0.25) is 0 Å². The quantitative estimate of drug-likeness (QED) is 0.719. The Morgan fingerprint density at radius 3 is 2.56 bits per heavy atom. The molecule has 2 amide bonds. The number of β-amino-alcohol motifs (C(OH)–C–C–N with tert-alkyl or cyclic N) is 1. The maximum atomic E-state index is 12.2. The maximum Gasteiger partial charge on any atom is 0.224 e. The van der Waals surface area contributed by atoms with Gasteiger partial charge >= 0.3 is 0 Å². The standard InChI is InChI=1S/C18H33N3O4/c1-15(22)19-16-4-10-20(11-5-16)14-18(24)7-3-9-21(12-8-18)17(23)6-13-25-2/h16,24H,3-14H2,1-2H3,(H,19,22). The van der Waals surface area contributed by atoms with Crippen molar-refractivity contribution in [3.05, 3.63) is 0 Å². The summed E-state index contributed by atoms with van der Waals surface area (Å²) in [5.74, 6) is 0.140. The first-order chi connectivity index (χ1) is 11.9. The van der Waals surface area contributed by atoms with Gasteiger partial charge in [0.15, 0.2) is 0 Å². The molecule has 0 aromatic carbocycles. The lowest BCUT2D eigenvalue weighted by Crippen LogP contribution is -2.50. The fourth-order valence-corrected chi connectivity index (χ4v) is 3.87. The summed E-state index contributed by atoms with van der Waals surface area (Å²) in [4.78, 5) is 27.5. The van der Waals surface area contributed by atoms with E-state index in [9.17, 15) is 14.7 Å². The summed E-state index contributed by atoms with van der Waals surface area (Å²) >= 11 is 0. The van der Waals surface area contributed by atoms with Gasteiger partial charge in [0.25, 0.3) is 0 Å². The summed E-state index contributed by atoms with van der Waals surface area (Å²) in [7, 11) is 1.60. The molecule has 0 radical (unpaired) electrons. The van der Waals surface area contributed by atoms with Crippen LogP contribution in [-0.4, -0.2) is 84.8 Å². The minimum Gasteiger partial charge on any atom is -0.388 e. The zero-order chi connectivity index (χ0) is 18.3. The number of likely N-dealkylation sites (tertiary alicyclic amines) is 2.